The van der Waals surface area contributed by atoms with Gasteiger partial charge in [-0.2, -0.15) is 5.21 Å². The first-order chi connectivity index (χ1) is 25.5. The molecule has 1 atom stereocenters. The van der Waals surface area contributed by atoms with Crippen molar-refractivity contribution < 1.29 is 38.9 Å². The second-order valence-corrected chi connectivity index (χ2v) is 11.4. The number of nitrogens with one attached hydrogen (secondary N) is 2. The number of amides is 1. The largest absolute Gasteiger partial charge is 0.464 e. The van der Waals surface area contributed by atoms with Gasteiger partial charge in [0.25, 0.3) is 15.7 Å². The number of benzene rings is 2. The zero-order chi connectivity index (χ0) is 37.9. The van der Waals surface area contributed by atoms with Gasteiger partial charge in [0.15, 0.2) is 11.4 Å². The fourth-order valence-electron chi connectivity index (χ4n) is 5.38. The first kappa shape index (κ1) is 37.2. The molecule has 3 aromatic heterocycles. The maximum atomic E-state index is 13.4. The third-order valence-corrected chi connectivity index (χ3v) is 7.69. The predicted molar refractivity (Wildman–Crippen MR) is 181 cm³/mol. The number of hydrogen-bond donors (Lipinski definition) is 2. The molecule has 21 nitrogen and oxygen atoms in total. The van der Waals surface area contributed by atoms with Crippen LogP contribution in [0.25, 0.3) is 33.5 Å². The van der Waals surface area contributed by atoms with E-state index in [-0.39, 0.29) is 43.8 Å². The molecule has 0 bridgehead atoms. The number of fused-ring (bicyclic) bond motifs is 1. The van der Waals surface area contributed by atoms with Crippen molar-refractivity contribution in [2.24, 2.45) is 0 Å². The third kappa shape index (κ3) is 10.0. The number of hydrogen-bond acceptors (Lipinski definition) is 16. The van der Waals surface area contributed by atoms with Crippen LogP contribution in [0.15, 0.2) is 59.4 Å². The van der Waals surface area contributed by atoms with Gasteiger partial charge in [0.2, 0.25) is 5.82 Å². The number of aryl methyl sites for hydroxylation is 2. The van der Waals surface area contributed by atoms with E-state index < -0.39 is 47.1 Å². The van der Waals surface area contributed by atoms with Crippen LogP contribution in [0.5, 0.6) is 5.75 Å². The van der Waals surface area contributed by atoms with E-state index in [4.69, 9.17) is 9.47 Å². The molecule has 0 fully saturated rings. The Morgan fingerprint density at radius 1 is 1.00 bits per heavy atom. The van der Waals surface area contributed by atoms with Gasteiger partial charge >= 0.3 is 12.1 Å². The number of esters is 1. The van der Waals surface area contributed by atoms with Gasteiger partial charge < -0.3 is 24.5 Å². The minimum absolute atomic E-state index is 0.0250. The lowest BCUT2D eigenvalue weighted by Gasteiger charge is -2.15. The molecule has 0 radical (unpaired) electrons. The van der Waals surface area contributed by atoms with Crippen LogP contribution >= 0.6 is 0 Å². The molecule has 2 aromatic carbocycles. The number of tetrazole rings is 1. The molecule has 5 rings (SSSR count). The van der Waals surface area contributed by atoms with Crippen molar-refractivity contribution in [3.8, 4) is 28.3 Å². The molecule has 5 aromatic rings. The van der Waals surface area contributed by atoms with Crippen LogP contribution in [0.1, 0.15) is 36.3 Å². The molecule has 0 aliphatic rings. The number of carbonyl (C=O) groups is 2. The van der Waals surface area contributed by atoms with Crippen molar-refractivity contribution in [1.82, 2.24) is 40.5 Å². The van der Waals surface area contributed by atoms with Crippen molar-refractivity contribution in [3.05, 3.63) is 102 Å². The summed E-state index contributed by atoms with van der Waals surface area (Å²) in [4.78, 5) is 76.6. The Labute approximate surface area is 298 Å². The number of carbonyl (C=O) groups excluding carboxylic acids is 2. The number of ether oxygens (including phenoxy) is 2. The van der Waals surface area contributed by atoms with Gasteiger partial charge in [0, 0.05) is 11.6 Å². The van der Waals surface area contributed by atoms with Crippen molar-refractivity contribution in [2.45, 2.75) is 45.8 Å². The highest BCUT2D eigenvalue weighted by Crippen LogP contribution is 2.30. The fourth-order valence-corrected chi connectivity index (χ4v) is 5.38. The fraction of sp³-hybridized carbons (Fsp3) is 0.312. The summed E-state index contributed by atoms with van der Waals surface area (Å²) < 4.78 is 11.9. The van der Waals surface area contributed by atoms with Crippen LogP contribution in [-0.4, -0.2) is 83.3 Å². The van der Waals surface area contributed by atoms with E-state index in [2.05, 4.69) is 45.6 Å². The van der Waals surface area contributed by atoms with Crippen molar-refractivity contribution in [2.75, 3.05) is 19.8 Å². The molecule has 0 saturated heterocycles. The summed E-state index contributed by atoms with van der Waals surface area (Å²) in [7, 11) is 0. The van der Waals surface area contributed by atoms with Crippen molar-refractivity contribution >= 4 is 23.1 Å². The summed E-state index contributed by atoms with van der Waals surface area (Å²) in [6, 6.07) is 16.4. The lowest BCUT2D eigenvalue weighted by Crippen LogP contribution is -2.33. The number of rotatable bonds is 17. The maximum absolute atomic E-state index is 13.4. The standard InChI is InChI=1S/C32H32N10O11/c1-19-29-26(52-32(45)33-16-28(44)50-14-6-5-7-23(53-42(48)49)18-51-41(46)47)15-27(43)40(31(29)35-20(2)34-19)17-21-10-12-22(13-11-21)24-8-3-4-9-25(24)30-36-38-39-37-30/h3-4,8-13,15,23H,5-7,14,16-18H2,1-2H3,(H,33,45)(H,36,37,38,39). The molecule has 0 spiro atoms. The van der Waals surface area contributed by atoms with Gasteiger partial charge in [-0.25, -0.2) is 14.8 Å². The Kier molecular flexibility index (Phi) is 12.1. The lowest BCUT2D eigenvalue weighted by atomic mass is 9.98. The van der Waals surface area contributed by atoms with Gasteiger partial charge in [-0.1, -0.05) is 48.5 Å². The Morgan fingerprint density at radius 2 is 1.75 bits per heavy atom. The summed E-state index contributed by atoms with van der Waals surface area (Å²) in [6.07, 6.45) is -1.69. The monoisotopic (exact) mass is 732 g/mol. The normalized spacial score (nSPS) is 11.4. The minimum Gasteiger partial charge on any atom is -0.464 e. The molecule has 0 saturated carbocycles. The number of pyridine rings is 1. The highest BCUT2D eigenvalue weighted by atomic mass is 17.0. The summed E-state index contributed by atoms with van der Waals surface area (Å²) in [5.74, 6) is -0.0636. The number of nitrogens with zero attached hydrogens (tertiary/aromatic N) is 8. The van der Waals surface area contributed by atoms with Gasteiger partial charge in [-0.05, 0) is 55.0 Å². The topological polar surface area (TPSA) is 272 Å². The van der Waals surface area contributed by atoms with E-state index in [0.717, 1.165) is 28.3 Å². The summed E-state index contributed by atoms with van der Waals surface area (Å²) in [5.41, 5.74) is 3.58. The molecule has 1 amide bonds. The van der Waals surface area contributed by atoms with Crippen LogP contribution in [0.3, 0.4) is 0 Å². The number of aromatic nitrogens is 7. The number of H-pyrrole nitrogens is 1. The Hall–Kier alpha value is -7.06. The number of unbranched alkanes of at least 4 members (excludes halogenated alkanes) is 1. The van der Waals surface area contributed by atoms with Crippen LogP contribution < -0.4 is 15.6 Å². The first-order valence-electron chi connectivity index (χ1n) is 16.0. The second kappa shape index (κ2) is 17.2. The van der Waals surface area contributed by atoms with Gasteiger partial charge in [0.05, 0.1) is 24.2 Å². The molecule has 3 heterocycles. The van der Waals surface area contributed by atoms with E-state index in [1.807, 2.05) is 48.5 Å². The van der Waals surface area contributed by atoms with Crippen LogP contribution in [-0.2, 0) is 25.8 Å². The highest BCUT2D eigenvalue weighted by Gasteiger charge is 2.20. The van der Waals surface area contributed by atoms with Crippen LogP contribution in [0, 0.1) is 34.1 Å². The minimum atomic E-state index is -1.18. The zero-order valence-corrected chi connectivity index (χ0v) is 28.3. The van der Waals surface area contributed by atoms with Crippen LogP contribution in [0.4, 0.5) is 4.79 Å². The molecular weight excluding hydrogens is 700 g/mol. The van der Waals surface area contributed by atoms with E-state index in [0.29, 0.717) is 22.7 Å². The van der Waals surface area contributed by atoms with E-state index in [1.54, 1.807) is 13.8 Å². The first-order valence-corrected chi connectivity index (χ1v) is 16.0. The SMILES string of the molecule is Cc1nc(C)c2c(OC(=O)NCC(=O)OCCCCC(CO[N+](=O)[O-])O[N+](=O)[O-])cc(=O)n(Cc3ccc(-c4ccccc4-c4nn[nH]n4)cc3)c2n1. The molecule has 1 unspecified atom stereocenters. The molecule has 53 heavy (non-hydrogen) atoms. The van der Waals surface area contributed by atoms with Gasteiger partial charge in [0.1, 0.15) is 25.1 Å². The molecule has 276 valence electrons. The Bertz CT molecular complexity index is 2160. The summed E-state index contributed by atoms with van der Waals surface area (Å²) in [5, 5.41) is 35.6. The smallest absolute Gasteiger partial charge is 0.413 e. The molecule has 21 heteroatoms. The second-order valence-electron chi connectivity index (χ2n) is 11.4. The summed E-state index contributed by atoms with van der Waals surface area (Å²) in [6.45, 7) is 2.20. The van der Waals surface area contributed by atoms with E-state index >= 15 is 0 Å². The average molecular weight is 733 g/mol. The molecular formula is C32H32N10O11. The molecule has 0 aliphatic carbocycles. The Balaban J connectivity index is 1.20. The van der Waals surface area contributed by atoms with Gasteiger partial charge in [-0.15, -0.1) is 30.4 Å². The number of aromatic amines is 1. The Morgan fingerprint density at radius 3 is 2.45 bits per heavy atom. The average Bonchev–Trinajstić information content (AvgIpc) is 3.66. The molecule has 2 N–H and O–H groups in total. The van der Waals surface area contributed by atoms with E-state index in [9.17, 15) is 34.6 Å². The highest BCUT2D eigenvalue weighted by molar-refractivity contribution is 5.88. The lowest BCUT2D eigenvalue weighted by molar-refractivity contribution is -0.790. The predicted octanol–water partition coefficient (Wildman–Crippen LogP) is 2.89. The van der Waals surface area contributed by atoms with Crippen molar-refractivity contribution in [3.63, 3.8) is 0 Å². The zero-order valence-electron chi connectivity index (χ0n) is 28.3. The molecule has 0 aliphatic heterocycles. The van der Waals surface area contributed by atoms with Gasteiger partial charge in [-0.3, -0.25) is 14.2 Å². The van der Waals surface area contributed by atoms with Crippen molar-refractivity contribution in [1.29, 1.82) is 0 Å². The van der Waals surface area contributed by atoms with E-state index in [1.165, 1.54) is 4.57 Å². The third-order valence-electron chi connectivity index (χ3n) is 7.69. The maximum Gasteiger partial charge on any atom is 0.413 e. The summed E-state index contributed by atoms with van der Waals surface area (Å²) >= 11 is 0. The quantitative estimate of drug-likeness (QED) is 0.0602. The van der Waals surface area contributed by atoms with Crippen LogP contribution in [0.2, 0.25) is 0 Å².